The van der Waals surface area contributed by atoms with E-state index in [-0.39, 0.29) is 5.91 Å². The summed E-state index contributed by atoms with van der Waals surface area (Å²) in [5.41, 5.74) is 5.17. The van der Waals surface area contributed by atoms with E-state index in [1.54, 1.807) is 0 Å². The first-order valence-corrected chi connectivity index (χ1v) is 5.34. The van der Waals surface area contributed by atoms with Crippen LogP contribution in [0.25, 0.3) is 0 Å². The zero-order valence-electron chi connectivity index (χ0n) is 9.20. The minimum Gasteiger partial charge on any atom is -0.369 e. The molecule has 1 amide bonds. The van der Waals surface area contributed by atoms with Crippen molar-refractivity contribution in [3.63, 3.8) is 0 Å². The summed E-state index contributed by atoms with van der Waals surface area (Å²) in [6, 6.07) is 0.600. The van der Waals surface area contributed by atoms with Crippen LogP contribution in [0, 0.1) is 0 Å². The lowest BCUT2D eigenvalue weighted by molar-refractivity contribution is -0.119. The van der Waals surface area contributed by atoms with Crippen molar-refractivity contribution in [3.8, 4) is 0 Å². The summed E-state index contributed by atoms with van der Waals surface area (Å²) < 4.78 is 0. The molecule has 0 unspecified atom stereocenters. The van der Waals surface area contributed by atoms with Crippen molar-refractivity contribution in [2.24, 2.45) is 5.73 Å². The van der Waals surface area contributed by atoms with Crippen molar-refractivity contribution in [2.75, 3.05) is 32.7 Å². The smallest absolute Gasteiger partial charge is 0.231 e. The Balaban J connectivity index is 2.36. The highest BCUT2D eigenvalue weighted by atomic mass is 16.1. The second-order valence-electron chi connectivity index (χ2n) is 4.23. The lowest BCUT2D eigenvalue weighted by Crippen LogP contribution is -2.38. The molecule has 1 fully saturated rings. The average molecular weight is 199 g/mol. The van der Waals surface area contributed by atoms with Crippen molar-refractivity contribution in [2.45, 2.75) is 26.3 Å². The number of primary amides is 1. The van der Waals surface area contributed by atoms with Gasteiger partial charge in [-0.15, -0.1) is 0 Å². The van der Waals surface area contributed by atoms with Gasteiger partial charge in [0.15, 0.2) is 0 Å². The molecule has 0 atom stereocenters. The molecule has 1 heterocycles. The van der Waals surface area contributed by atoms with Crippen molar-refractivity contribution in [1.29, 1.82) is 0 Å². The topological polar surface area (TPSA) is 49.6 Å². The zero-order chi connectivity index (χ0) is 10.6. The Labute approximate surface area is 86.0 Å². The van der Waals surface area contributed by atoms with E-state index in [0.29, 0.717) is 12.6 Å². The van der Waals surface area contributed by atoms with Gasteiger partial charge in [0.25, 0.3) is 0 Å². The van der Waals surface area contributed by atoms with Crippen LogP contribution in [-0.4, -0.2) is 54.5 Å². The standard InChI is InChI=1S/C10H21N3O/c1-9(2)13-5-3-4-12(6-7-13)8-10(11)14/h9H,3-8H2,1-2H3,(H2,11,14). The molecular weight excluding hydrogens is 178 g/mol. The Hall–Kier alpha value is -0.610. The molecule has 2 N–H and O–H groups in total. The zero-order valence-corrected chi connectivity index (χ0v) is 9.20. The Kier molecular flexibility index (Phi) is 4.35. The molecule has 0 saturated carbocycles. The van der Waals surface area contributed by atoms with Crippen LogP contribution in [0.3, 0.4) is 0 Å². The van der Waals surface area contributed by atoms with Crippen LogP contribution in [0.2, 0.25) is 0 Å². The summed E-state index contributed by atoms with van der Waals surface area (Å²) in [5.74, 6) is -0.219. The van der Waals surface area contributed by atoms with Gasteiger partial charge in [-0.2, -0.15) is 0 Å². The van der Waals surface area contributed by atoms with E-state index in [4.69, 9.17) is 5.73 Å². The summed E-state index contributed by atoms with van der Waals surface area (Å²) in [5, 5.41) is 0. The van der Waals surface area contributed by atoms with Crippen LogP contribution in [0.5, 0.6) is 0 Å². The molecule has 1 rings (SSSR count). The predicted molar refractivity (Wildman–Crippen MR) is 57.0 cm³/mol. The van der Waals surface area contributed by atoms with Crippen LogP contribution in [-0.2, 0) is 4.79 Å². The van der Waals surface area contributed by atoms with E-state index >= 15 is 0 Å². The van der Waals surface area contributed by atoms with E-state index in [9.17, 15) is 4.79 Å². The van der Waals surface area contributed by atoms with Gasteiger partial charge in [-0.1, -0.05) is 0 Å². The molecule has 1 aliphatic heterocycles. The molecule has 1 aliphatic rings. The maximum atomic E-state index is 10.8. The summed E-state index contributed by atoms with van der Waals surface area (Å²) in [4.78, 5) is 15.4. The predicted octanol–water partition coefficient (Wildman–Crippen LogP) is -0.112. The first kappa shape index (κ1) is 11.5. The molecule has 0 bridgehead atoms. The quantitative estimate of drug-likeness (QED) is 0.690. The average Bonchev–Trinajstić information content (AvgIpc) is 2.28. The number of amides is 1. The van der Waals surface area contributed by atoms with Gasteiger partial charge in [0.05, 0.1) is 6.54 Å². The molecule has 82 valence electrons. The number of carbonyl (C=O) groups is 1. The molecule has 1 saturated heterocycles. The molecular formula is C10H21N3O. The van der Waals surface area contributed by atoms with Gasteiger partial charge >= 0.3 is 0 Å². The minimum atomic E-state index is -0.219. The van der Waals surface area contributed by atoms with E-state index < -0.39 is 0 Å². The van der Waals surface area contributed by atoms with Crippen LogP contribution in [0.15, 0.2) is 0 Å². The molecule has 14 heavy (non-hydrogen) atoms. The van der Waals surface area contributed by atoms with E-state index in [1.165, 1.54) is 0 Å². The van der Waals surface area contributed by atoms with E-state index in [0.717, 1.165) is 32.6 Å². The fourth-order valence-corrected chi connectivity index (χ4v) is 1.89. The minimum absolute atomic E-state index is 0.219. The normalized spacial score (nSPS) is 21.1. The third kappa shape index (κ3) is 3.64. The lowest BCUT2D eigenvalue weighted by atomic mass is 10.3. The summed E-state index contributed by atoms with van der Waals surface area (Å²) >= 11 is 0. The third-order valence-corrected chi connectivity index (χ3v) is 2.73. The Morgan fingerprint density at radius 1 is 1.29 bits per heavy atom. The molecule has 0 aromatic carbocycles. The maximum absolute atomic E-state index is 10.8. The maximum Gasteiger partial charge on any atom is 0.231 e. The molecule has 0 radical (unpaired) electrons. The summed E-state index contributed by atoms with van der Waals surface area (Å²) in [6.45, 7) is 8.96. The van der Waals surface area contributed by atoms with Crippen molar-refractivity contribution >= 4 is 5.91 Å². The van der Waals surface area contributed by atoms with Gasteiger partial charge in [0.1, 0.15) is 0 Å². The third-order valence-electron chi connectivity index (χ3n) is 2.73. The highest BCUT2D eigenvalue weighted by molar-refractivity contribution is 5.75. The van der Waals surface area contributed by atoms with Gasteiger partial charge in [-0.05, 0) is 33.4 Å². The summed E-state index contributed by atoms with van der Waals surface area (Å²) in [6.07, 6.45) is 1.13. The molecule has 0 aromatic rings. The second-order valence-corrected chi connectivity index (χ2v) is 4.23. The van der Waals surface area contributed by atoms with Gasteiger partial charge in [0, 0.05) is 19.1 Å². The van der Waals surface area contributed by atoms with E-state index in [1.807, 2.05) is 0 Å². The van der Waals surface area contributed by atoms with E-state index in [2.05, 4.69) is 23.6 Å². The Bertz CT molecular complexity index is 194. The monoisotopic (exact) mass is 199 g/mol. The molecule has 4 heteroatoms. The molecule has 0 aromatic heterocycles. The fraction of sp³-hybridized carbons (Fsp3) is 0.900. The summed E-state index contributed by atoms with van der Waals surface area (Å²) in [7, 11) is 0. The number of nitrogens with zero attached hydrogens (tertiary/aromatic N) is 2. The van der Waals surface area contributed by atoms with Crippen LogP contribution < -0.4 is 5.73 Å². The first-order chi connectivity index (χ1) is 6.59. The molecule has 0 aliphatic carbocycles. The van der Waals surface area contributed by atoms with Crippen LogP contribution >= 0.6 is 0 Å². The molecule has 4 nitrogen and oxygen atoms in total. The number of rotatable bonds is 3. The van der Waals surface area contributed by atoms with Gasteiger partial charge in [0.2, 0.25) is 5.91 Å². The van der Waals surface area contributed by atoms with Crippen molar-refractivity contribution in [1.82, 2.24) is 9.80 Å². The first-order valence-electron chi connectivity index (χ1n) is 5.34. The second kappa shape index (κ2) is 5.32. The number of carbonyl (C=O) groups excluding carboxylic acids is 1. The Morgan fingerprint density at radius 2 is 2.00 bits per heavy atom. The number of hydrogen-bond acceptors (Lipinski definition) is 3. The Morgan fingerprint density at radius 3 is 2.57 bits per heavy atom. The highest BCUT2D eigenvalue weighted by Gasteiger charge is 2.17. The largest absolute Gasteiger partial charge is 0.369 e. The van der Waals surface area contributed by atoms with Gasteiger partial charge < -0.3 is 5.73 Å². The van der Waals surface area contributed by atoms with Crippen LogP contribution in [0.4, 0.5) is 0 Å². The van der Waals surface area contributed by atoms with Gasteiger partial charge in [-0.3, -0.25) is 14.6 Å². The lowest BCUT2D eigenvalue weighted by Gasteiger charge is -2.24. The van der Waals surface area contributed by atoms with Crippen molar-refractivity contribution < 1.29 is 4.79 Å². The fourth-order valence-electron chi connectivity index (χ4n) is 1.89. The van der Waals surface area contributed by atoms with Crippen LogP contribution in [0.1, 0.15) is 20.3 Å². The van der Waals surface area contributed by atoms with Crippen molar-refractivity contribution in [3.05, 3.63) is 0 Å². The SMILES string of the molecule is CC(C)N1CCCN(CC(N)=O)CC1. The highest BCUT2D eigenvalue weighted by Crippen LogP contribution is 2.05. The number of nitrogens with two attached hydrogens (primary N) is 1. The van der Waals surface area contributed by atoms with Gasteiger partial charge in [-0.25, -0.2) is 0 Å². The number of hydrogen-bond donors (Lipinski definition) is 1. The molecule has 0 spiro atoms.